The Hall–Kier alpha value is -1.90. The van der Waals surface area contributed by atoms with Crippen LogP contribution < -0.4 is 5.56 Å². The molecule has 1 N–H and O–H groups in total. The van der Waals surface area contributed by atoms with Crippen LogP contribution in [0.25, 0.3) is 11.2 Å². The molecule has 2 aromatic heterocycles. The van der Waals surface area contributed by atoms with Crippen molar-refractivity contribution in [2.24, 2.45) is 0 Å². The number of aliphatic hydroxyl groups is 1. The van der Waals surface area contributed by atoms with Gasteiger partial charge in [0.2, 0.25) is 0 Å². The number of halogens is 1. The van der Waals surface area contributed by atoms with Crippen LogP contribution in [0.4, 0.5) is 0 Å². The highest BCUT2D eigenvalue weighted by molar-refractivity contribution is 9.10. The summed E-state index contributed by atoms with van der Waals surface area (Å²) in [4.78, 5) is 32.3. The number of ether oxygens (including phenoxy) is 5. The number of carbonyl (C=O) groups excluding carboxylic acids is 1. The van der Waals surface area contributed by atoms with E-state index in [1.54, 1.807) is 18.4 Å². The molecule has 31 heavy (non-hydrogen) atoms. The molecule has 0 radical (unpaired) electrons. The lowest BCUT2D eigenvalue weighted by Gasteiger charge is -2.24. The van der Waals surface area contributed by atoms with E-state index in [-0.39, 0.29) is 32.1 Å². The number of aliphatic hydroxyl groups excluding tert-OH is 1. The van der Waals surface area contributed by atoms with E-state index in [9.17, 15) is 14.7 Å². The van der Waals surface area contributed by atoms with Crippen LogP contribution >= 0.6 is 15.9 Å². The van der Waals surface area contributed by atoms with Crippen molar-refractivity contribution in [2.75, 3.05) is 19.8 Å². The molecule has 170 valence electrons. The summed E-state index contributed by atoms with van der Waals surface area (Å²) in [7, 11) is 0. The number of imidazole rings is 1. The molecular weight excluding hydrogens is 480 g/mol. The van der Waals surface area contributed by atoms with Gasteiger partial charge in [0.1, 0.15) is 38.0 Å². The van der Waals surface area contributed by atoms with Crippen molar-refractivity contribution < 1.29 is 33.6 Å². The molecular formula is C18H23BrN4O8. The zero-order valence-corrected chi connectivity index (χ0v) is 18.8. The first-order valence-electron chi connectivity index (χ1n) is 9.68. The molecule has 2 aliphatic rings. The van der Waals surface area contributed by atoms with Gasteiger partial charge in [0, 0.05) is 6.92 Å². The van der Waals surface area contributed by atoms with Crippen molar-refractivity contribution in [3.8, 4) is 0 Å². The predicted octanol–water partition coefficient (Wildman–Crippen LogP) is 0.302. The first-order valence-corrected chi connectivity index (χ1v) is 10.5. The van der Waals surface area contributed by atoms with Crippen molar-refractivity contribution in [1.29, 1.82) is 0 Å². The van der Waals surface area contributed by atoms with Gasteiger partial charge in [-0.2, -0.15) is 0 Å². The van der Waals surface area contributed by atoms with Crippen LogP contribution in [0.2, 0.25) is 0 Å². The monoisotopic (exact) mass is 502 g/mol. The molecule has 2 aliphatic heterocycles. The molecule has 4 rings (SSSR count). The zero-order valence-electron chi connectivity index (χ0n) is 17.2. The van der Waals surface area contributed by atoms with Gasteiger partial charge in [-0.1, -0.05) is 0 Å². The second-order valence-electron chi connectivity index (χ2n) is 7.63. The molecule has 0 aliphatic carbocycles. The van der Waals surface area contributed by atoms with E-state index in [2.05, 4.69) is 25.9 Å². The second-order valence-corrected chi connectivity index (χ2v) is 8.34. The maximum absolute atomic E-state index is 12.9. The fourth-order valence-corrected chi connectivity index (χ4v) is 4.26. The standard InChI is InChI=1S/C18H23BrN4O8/c1-9(25)28-5-4-27-8-22-7-20-14-11(15(22)26)21-17(19)23(14)16-13-12(10(6-24)29-16)30-18(2,3)31-13/h7,10,12-13,16,24H,4-6,8H2,1-3H3/t10-,12-,13-,16-/m1/s1. The summed E-state index contributed by atoms with van der Waals surface area (Å²) in [5.74, 6) is -1.24. The number of nitrogens with zero attached hydrogens (tertiary/aromatic N) is 4. The Morgan fingerprint density at radius 3 is 2.77 bits per heavy atom. The van der Waals surface area contributed by atoms with Crippen LogP contribution in [0, 0.1) is 0 Å². The molecule has 13 heteroatoms. The van der Waals surface area contributed by atoms with Crippen LogP contribution in [-0.2, 0) is 35.2 Å². The van der Waals surface area contributed by atoms with E-state index < -0.39 is 41.9 Å². The van der Waals surface area contributed by atoms with Crippen LogP contribution in [0.3, 0.4) is 0 Å². The molecule has 4 atom stereocenters. The fourth-order valence-electron chi connectivity index (χ4n) is 3.72. The first-order chi connectivity index (χ1) is 14.7. The molecule has 0 bridgehead atoms. The highest BCUT2D eigenvalue weighted by Crippen LogP contribution is 2.44. The smallest absolute Gasteiger partial charge is 0.302 e. The van der Waals surface area contributed by atoms with E-state index >= 15 is 0 Å². The minimum Gasteiger partial charge on any atom is -0.463 e. The predicted molar refractivity (Wildman–Crippen MR) is 107 cm³/mol. The Kier molecular flexibility index (Phi) is 6.16. The highest BCUT2D eigenvalue weighted by Gasteiger charge is 2.56. The van der Waals surface area contributed by atoms with Gasteiger partial charge in [-0.05, 0) is 29.8 Å². The van der Waals surface area contributed by atoms with Crippen molar-refractivity contribution in [2.45, 2.75) is 57.8 Å². The largest absolute Gasteiger partial charge is 0.463 e. The number of rotatable bonds is 7. The Morgan fingerprint density at radius 2 is 2.06 bits per heavy atom. The first kappa shape index (κ1) is 22.3. The third-order valence-corrected chi connectivity index (χ3v) is 5.51. The maximum Gasteiger partial charge on any atom is 0.302 e. The van der Waals surface area contributed by atoms with Crippen LogP contribution in [0.1, 0.15) is 27.0 Å². The van der Waals surface area contributed by atoms with Gasteiger partial charge >= 0.3 is 5.97 Å². The molecule has 0 aromatic carbocycles. The van der Waals surface area contributed by atoms with Crippen molar-refractivity contribution in [3.63, 3.8) is 0 Å². The van der Waals surface area contributed by atoms with Crippen LogP contribution in [0.5, 0.6) is 0 Å². The lowest BCUT2D eigenvalue weighted by Crippen LogP contribution is -2.31. The fraction of sp³-hybridized carbons (Fsp3) is 0.667. The molecule has 0 unspecified atom stereocenters. The Labute approximate surface area is 185 Å². The summed E-state index contributed by atoms with van der Waals surface area (Å²) < 4.78 is 31.2. The minimum atomic E-state index is -0.836. The van der Waals surface area contributed by atoms with E-state index in [4.69, 9.17) is 23.7 Å². The molecule has 0 saturated carbocycles. The number of hydrogen-bond donors (Lipinski definition) is 1. The van der Waals surface area contributed by atoms with Gasteiger partial charge in [0.05, 0.1) is 13.2 Å². The number of hydrogen-bond acceptors (Lipinski definition) is 10. The summed E-state index contributed by atoms with van der Waals surface area (Å²) in [5.41, 5.74) is 0.00142. The lowest BCUT2D eigenvalue weighted by molar-refractivity contribution is -0.200. The summed E-state index contributed by atoms with van der Waals surface area (Å²) in [6.07, 6.45) is -0.944. The molecule has 12 nitrogen and oxygen atoms in total. The molecule has 2 fully saturated rings. The van der Waals surface area contributed by atoms with E-state index in [1.807, 2.05) is 0 Å². The summed E-state index contributed by atoms with van der Waals surface area (Å²) >= 11 is 3.38. The number of fused-ring (bicyclic) bond motifs is 2. The molecule has 4 heterocycles. The molecule has 2 saturated heterocycles. The van der Waals surface area contributed by atoms with Crippen molar-refractivity contribution in [1.82, 2.24) is 19.1 Å². The Bertz CT molecular complexity index is 1040. The van der Waals surface area contributed by atoms with Crippen molar-refractivity contribution >= 4 is 33.1 Å². The number of esters is 1. The van der Waals surface area contributed by atoms with Gasteiger partial charge in [0.15, 0.2) is 27.9 Å². The van der Waals surface area contributed by atoms with Gasteiger partial charge in [-0.3, -0.25) is 18.7 Å². The number of carbonyl (C=O) groups is 1. The minimum absolute atomic E-state index is 0.0735. The molecule has 2 aromatic rings. The number of aromatic nitrogens is 4. The quantitative estimate of drug-likeness (QED) is 0.319. The van der Waals surface area contributed by atoms with Gasteiger partial charge in [0.25, 0.3) is 5.56 Å². The van der Waals surface area contributed by atoms with Gasteiger partial charge in [-0.25, -0.2) is 9.97 Å². The average molecular weight is 503 g/mol. The van der Waals surface area contributed by atoms with Crippen LogP contribution in [-0.4, -0.2) is 74.1 Å². The van der Waals surface area contributed by atoms with Gasteiger partial charge < -0.3 is 28.8 Å². The van der Waals surface area contributed by atoms with Gasteiger partial charge in [-0.15, -0.1) is 0 Å². The summed E-state index contributed by atoms with van der Waals surface area (Å²) in [5, 5.41) is 9.71. The normalized spacial score (nSPS) is 27.0. The third-order valence-electron chi connectivity index (χ3n) is 4.95. The van der Waals surface area contributed by atoms with E-state index in [0.29, 0.717) is 10.4 Å². The lowest BCUT2D eigenvalue weighted by atomic mass is 10.1. The van der Waals surface area contributed by atoms with E-state index in [1.165, 1.54) is 17.8 Å². The summed E-state index contributed by atoms with van der Waals surface area (Å²) in [6, 6.07) is 0. The summed E-state index contributed by atoms with van der Waals surface area (Å²) in [6.45, 7) is 4.79. The average Bonchev–Trinajstić information content (AvgIpc) is 3.30. The Balaban J connectivity index is 1.59. The maximum atomic E-state index is 12.9. The second kappa shape index (κ2) is 8.56. The Morgan fingerprint density at radius 1 is 1.32 bits per heavy atom. The van der Waals surface area contributed by atoms with Crippen LogP contribution in [0.15, 0.2) is 15.9 Å². The SMILES string of the molecule is CC(=O)OCCOCn1cnc2c(nc(Br)n2[C@@H]2O[C@H](CO)[C@H]3OC(C)(C)O[C@H]32)c1=O. The molecule has 0 amide bonds. The molecule has 0 spiro atoms. The van der Waals surface area contributed by atoms with Crippen molar-refractivity contribution in [3.05, 3.63) is 21.4 Å². The topological polar surface area (TPSA) is 136 Å². The van der Waals surface area contributed by atoms with E-state index in [0.717, 1.165) is 0 Å². The third kappa shape index (κ3) is 4.25. The highest BCUT2D eigenvalue weighted by atomic mass is 79.9. The zero-order chi connectivity index (χ0) is 22.3.